The van der Waals surface area contributed by atoms with Gasteiger partial charge in [0, 0.05) is 35.9 Å². The van der Waals surface area contributed by atoms with E-state index < -0.39 is 0 Å². The Morgan fingerprint density at radius 1 is 0.625 bits per heavy atom. The lowest BCUT2D eigenvalue weighted by Gasteiger charge is -2.15. The lowest BCUT2D eigenvalue weighted by Crippen LogP contribution is -2.02. The summed E-state index contributed by atoms with van der Waals surface area (Å²) in [5.41, 5.74) is 4.19. The topological polar surface area (TPSA) is 44.2 Å². The molecule has 0 bridgehead atoms. The zero-order valence-electron chi connectivity index (χ0n) is 19.0. The number of pyridine rings is 2. The Kier molecular flexibility index (Phi) is 9.53. The second-order valence-corrected chi connectivity index (χ2v) is 7.56. The first-order valence-electron chi connectivity index (χ1n) is 11.4. The number of aromatic nitrogens is 2. The first-order chi connectivity index (χ1) is 15.8. The molecule has 166 valence electrons. The number of hydrogen-bond donors (Lipinski definition) is 0. The monoisotopic (exact) mass is 428 g/mol. The van der Waals surface area contributed by atoms with Crippen LogP contribution in [0, 0.1) is 0 Å². The van der Waals surface area contributed by atoms with Gasteiger partial charge in [-0.2, -0.15) is 0 Å². The quantitative estimate of drug-likeness (QED) is 0.287. The van der Waals surface area contributed by atoms with E-state index in [0.29, 0.717) is 13.2 Å². The van der Waals surface area contributed by atoms with E-state index in [9.17, 15) is 0 Å². The van der Waals surface area contributed by atoms with E-state index >= 15 is 0 Å². The van der Waals surface area contributed by atoms with Crippen LogP contribution in [0.4, 0.5) is 0 Å². The van der Waals surface area contributed by atoms with Crippen molar-refractivity contribution in [3.63, 3.8) is 0 Å². The van der Waals surface area contributed by atoms with Gasteiger partial charge in [0.05, 0.1) is 13.2 Å². The molecular weight excluding hydrogens is 396 g/mol. The van der Waals surface area contributed by atoms with Gasteiger partial charge in [-0.3, -0.25) is 9.97 Å². The molecule has 0 atom stereocenters. The number of nitrogens with zero attached hydrogens (tertiary/aromatic N) is 2. The van der Waals surface area contributed by atoms with Crippen molar-refractivity contribution < 1.29 is 9.47 Å². The fraction of sp³-hybridized carbons (Fsp3) is 0.286. The molecule has 0 saturated carbocycles. The largest absolute Gasteiger partial charge is 0.493 e. The summed E-state index contributed by atoms with van der Waals surface area (Å²) in [5, 5.41) is 0. The number of ether oxygens (including phenoxy) is 2. The Morgan fingerprint density at radius 3 is 1.41 bits per heavy atom. The minimum atomic E-state index is 0.691. The van der Waals surface area contributed by atoms with Gasteiger partial charge in [0.15, 0.2) is 0 Å². The number of unbranched alkanes of at least 4 members (excludes halogenated alkanes) is 2. The third-order valence-corrected chi connectivity index (χ3v) is 4.98. The number of benzene rings is 1. The molecule has 32 heavy (non-hydrogen) atoms. The molecule has 3 aromatic rings. The van der Waals surface area contributed by atoms with Crippen LogP contribution in [-0.2, 0) is 0 Å². The van der Waals surface area contributed by atoms with Crippen LogP contribution in [0.1, 0.15) is 61.8 Å². The summed E-state index contributed by atoms with van der Waals surface area (Å²) in [7, 11) is 0. The maximum Gasteiger partial charge on any atom is 0.127 e. The Bertz CT molecular complexity index is 915. The van der Waals surface area contributed by atoms with Crippen molar-refractivity contribution in [2.45, 2.75) is 39.5 Å². The van der Waals surface area contributed by atoms with Gasteiger partial charge in [-0.05, 0) is 60.4 Å². The van der Waals surface area contributed by atoms with E-state index in [0.717, 1.165) is 59.4 Å². The molecule has 0 aliphatic carbocycles. The summed E-state index contributed by atoms with van der Waals surface area (Å²) >= 11 is 0. The summed E-state index contributed by atoms with van der Waals surface area (Å²) in [6.07, 6.45) is 19.7. The van der Waals surface area contributed by atoms with Crippen molar-refractivity contribution in [2.75, 3.05) is 13.2 Å². The zero-order chi connectivity index (χ0) is 22.4. The van der Waals surface area contributed by atoms with Crippen LogP contribution in [0.3, 0.4) is 0 Å². The van der Waals surface area contributed by atoms with Crippen LogP contribution in [0.5, 0.6) is 11.5 Å². The third kappa shape index (κ3) is 7.38. The first-order valence-corrected chi connectivity index (χ1v) is 11.4. The van der Waals surface area contributed by atoms with E-state index in [1.54, 1.807) is 24.8 Å². The molecule has 0 radical (unpaired) electrons. The molecule has 0 spiro atoms. The molecule has 0 amide bonds. The molecule has 0 saturated heterocycles. The minimum Gasteiger partial charge on any atom is -0.493 e. The van der Waals surface area contributed by atoms with Crippen LogP contribution >= 0.6 is 0 Å². The van der Waals surface area contributed by atoms with E-state index in [1.165, 1.54) is 0 Å². The molecule has 0 aliphatic rings. The van der Waals surface area contributed by atoms with Crippen molar-refractivity contribution in [3.8, 4) is 11.5 Å². The van der Waals surface area contributed by atoms with Crippen LogP contribution in [0.2, 0.25) is 0 Å². The van der Waals surface area contributed by atoms with Crippen molar-refractivity contribution in [3.05, 3.63) is 83.4 Å². The van der Waals surface area contributed by atoms with Crippen LogP contribution in [-0.4, -0.2) is 23.2 Å². The highest BCUT2D eigenvalue weighted by atomic mass is 16.5. The predicted octanol–water partition coefficient (Wildman–Crippen LogP) is 7.18. The molecule has 1 aromatic carbocycles. The zero-order valence-corrected chi connectivity index (χ0v) is 19.0. The van der Waals surface area contributed by atoms with Crippen molar-refractivity contribution in [1.82, 2.24) is 9.97 Å². The Labute approximate surface area is 191 Å². The number of hydrogen-bond acceptors (Lipinski definition) is 4. The van der Waals surface area contributed by atoms with E-state index in [1.807, 2.05) is 24.3 Å². The summed E-state index contributed by atoms with van der Waals surface area (Å²) in [6.45, 7) is 5.72. The Hall–Kier alpha value is -3.40. The average molecular weight is 429 g/mol. The maximum absolute atomic E-state index is 6.18. The fourth-order valence-corrected chi connectivity index (χ4v) is 3.08. The van der Waals surface area contributed by atoms with Crippen molar-refractivity contribution in [1.29, 1.82) is 0 Å². The van der Waals surface area contributed by atoms with Gasteiger partial charge >= 0.3 is 0 Å². The van der Waals surface area contributed by atoms with Crippen LogP contribution in [0.25, 0.3) is 24.3 Å². The molecule has 0 fully saturated rings. The second-order valence-electron chi connectivity index (χ2n) is 7.56. The summed E-state index contributed by atoms with van der Waals surface area (Å²) < 4.78 is 12.4. The summed E-state index contributed by atoms with van der Waals surface area (Å²) in [5.74, 6) is 1.72. The summed E-state index contributed by atoms with van der Waals surface area (Å²) in [4.78, 5) is 8.18. The lowest BCUT2D eigenvalue weighted by atomic mass is 10.1. The molecule has 3 rings (SSSR count). The van der Waals surface area contributed by atoms with Gasteiger partial charge in [-0.1, -0.05) is 51.0 Å². The molecule has 0 unspecified atom stereocenters. The molecule has 0 N–H and O–H groups in total. The predicted molar refractivity (Wildman–Crippen MR) is 134 cm³/mol. The number of rotatable bonds is 12. The standard InChI is InChI=1S/C28H32N2O2/c1-3-5-19-31-27-21-26(10-8-24-13-17-30-18-14-24)28(32-20-6-4-2)22-25(27)9-7-23-11-15-29-16-12-23/h7-18,21-22H,3-6,19-20H2,1-2H3/b9-7+,10-8+. The SMILES string of the molecule is CCCCOc1cc(/C=C/c2ccncc2)c(OCCCC)cc1/C=C/c1ccncc1. The Balaban J connectivity index is 1.96. The highest BCUT2D eigenvalue weighted by Gasteiger charge is 2.10. The highest BCUT2D eigenvalue weighted by Crippen LogP contribution is 2.32. The van der Waals surface area contributed by atoms with Gasteiger partial charge in [-0.15, -0.1) is 0 Å². The van der Waals surface area contributed by atoms with Gasteiger partial charge in [0.25, 0.3) is 0 Å². The smallest absolute Gasteiger partial charge is 0.127 e. The highest BCUT2D eigenvalue weighted by molar-refractivity contribution is 5.78. The maximum atomic E-state index is 6.18. The van der Waals surface area contributed by atoms with E-state index in [2.05, 4.69) is 60.3 Å². The fourth-order valence-electron chi connectivity index (χ4n) is 3.08. The molecular formula is C28H32N2O2. The van der Waals surface area contributed by atoms with Gasteiger partial charge in [0.2, 0.25) is 0 Å². The second kappa shape index (κ2) is 13.1. The third-order valence-electron chi connectivity index (χ3n) is 4.98. The Morgan fingerprint density at radius 2 is 1.03 bits per heavy atom. The van der Waals surface area contributed by atoms with Crippen LogP contribution in [0.15, 0.2) is 61.2 Å². The lowest BCUT2D eigenvalue weighted by molar-refractivity contribution is 0.300. The van der Waals surface area contributed by atoms with E-state index in [4.69, 9.17) is 9.47 Å². The molecule has 0 aliphatic heterocycles. The van der Waals surface area contributed by atoms with Gasteiger partial charge in [0.1, 0.15) is 11.5 Å². The minimum absolute atomic E-state index is 0.691. The molecule has 4 heteroatoms. The molecule has 4 nitrogen and oxygen atoms in total. The van der Waals surface area contributed by atoms with Gasteiger partial charge < -0.3 is 9.47 Å². The van der Waals surface area contributed by atoms with E-state index in [-0.39, 0.29) is 0 Å². The van der Waals surface area contributed by atoms with Crippen molar-refractivity contribution >= 4 is 24.3 Å². The average Bonchev–Trinajstić information content (AvgIpc) is 2.84. The van der Waals surface area contributed by atoms with Gasteiger partial charge in [-0.25, -0.2) is 0 Å². The normalized spacial score (nSPS) is 11.3. The molecule has 2 aromatic heterocycles. The summed E-state index contributed by atoms with van der Waals surface area (Å²) in [6, 6.07) is 12.1. The van der Waals surface area contributed by atoms with Crippen LogP contribution < -0.4 is 9.47 Å². The molecule has 2 heterocycles. The van der Waals surface area contributed by atoms with Crippen molar-refractivity contribution in [2.24, 2.45) is 0 Å². The first kappa shape index (κ1) is 23.3.